The van der Waals surface area contributed by atoms with Crippen LogP contribution in [0.2, 0.25) is 0 Å². The third-order valence-electron chi connectivity index (χ3n) is 4.21. The molecule has 2 aromatic rings. The van der Waals surface area contributed by atoms with E-state index >= 15 is 0 Å². The maximum atomic E-state index is 12.1. The molecule has 0 radical (unpaired) electrons. The highest BCUT2D eigenvalue weighted by Gasteiger charge is 2.32. The third kappa shape index (κ3) is 3.47. The van der Waals surface area contributed by atoms with Crippen molar-refractivity contribution in [1.82, 2.24) is 28.8 Å². The lowest BCUT2D eigenvalue weighted by molar-refractivity contribution is 0.409. The summed E-state index contributed by atoms with van der Waals surface area (Å²) < 4.78 is 27.1. The van der Waals surface area contributed by atoms with Crippen LogP contribution in [-0.4, -0.2) is 64.4 Å². The first-order valence-corrected chi connectivity index (χ1v) is 9.27. The molecular formula is C15H22N6O2S. The van der Waals surface area contributed by atoms with E-state index in [4.69, 9.17) is 0 Å². The number of nitrogens with one attached hydrogen (secondary N) is 1. The SMILES string of the molecule is Cc1cc(-c2cnc(C[C@H]3CCN(S(=O)(=O)N(C)C)C3)cn2)n[nH]1. The fourth-order valence-electron chi connectivity index (χ4n) is 2.84. The quantitative estimate of drug-likeness (QED) is 0.862. The third-order valence-corrected chi connectivity index (χ3v) is 6.11. The van der Waals surface area contributed by atoms with Gasteiger partial charge in [0.1, 0.15) is 11.4 Å². The number of H-pyrrole nitrogens is 1. The molecule has 0 spiro atoms. The normalized spacial score (nSPS) is 19.2. The molecule has 2 aromatic heterocycles. The van der Waals surface area contributed by atoms with Crippen LogP contribution in [0, 0.1) is 12.8 Å². The molecule has 0 aromatic carbocycles. The van der Waals surface area contributed by atoms with Gasteiger partial charge in [0, 0.05) is 39.1 Å². The first-order valence-electron chi connectivity index (χ1n) is 7.87. The summed E-state index contributed by atoms with van der Waals surface area (Å²) in [6, 6.07) is 1.92. The summed E-state index contributed by atoms with van der Waals surface area (Å²) in [5, 5.41) is 7.05. The molecule has 1 N–H and O–H groups in total. The number of aryl methyl sites for hydroxylation is 1. The van der Waals surface area contributed by atoms with Crippen LogP contribution in [0.3, 0.4) is 0 Å². The summed E-state index contributed by atoms with van der Waals surface area (Å²) in [6.07, 6.45) is 5.04. The van der Waals surface area contributed by atoms with Gasteiger partial charge in [0.25, 0.3) is 10.2 Å². The molecule has 0 amide bonds. The summed E-state index contributed by atoms with van der Waals surface area (Å²) in [5.41, 5.74) is 3.35. The average molecular weight is 350 g/mol. The van der Waals surface area contributed by atoms with E-state index in [0.717, 1.165) is 35.6 Å². The number of aromatic nitrogens is 4. The molecule has 0 saturated carbocycles. The van der Waals surface area contributed by atoms with E-state index in [-0.39, 0.29) is 5.92 Å². The van der Waals surface area contributed by atoms with Crippen LogP contribution in [0.5, 0.6) is 0 Å². The van der Waals surface area contributed by atoms with Crippen molar-refractivity contribution >= 4 is 10.2 Å². The van der Waals surface area contributed by atoms with Gasteiger partial charge in [-0.2, -0.15) is 22.1 Å². The highest BCUT2D eigenvalue weighted by molar-refractivity contribution is 7.86. The number of nitrogens with zero attached hydrogens (tertiary/aromatic N) is 5. The second kappa shape index (κ2) is 6.58. The van der Waals surface area contributed by atoms with Gasteiger partial charge < -0.3 is 0 Å². The highest BCUT2D eigenvalue weighted by atomic mass is 32.2. The predicted octanol–water partition coefficient (Wildman–Crippen LogP) is 0.846. The highest BCUT2D eigenvalue weighted by Crippen LogP contribution is 2.23. The molecule has 1 saturated heterocycles. The van der Waals surface area contributed by atoms with Gasteiger partial charge in [0.05, 0.1) is 11.9 Å². The Morgan fingerprint density at radius 3 is 2.67 bits per heavy atom. The van der Waals surface area contributed by atoms with Gasteiger partial charge in [-0.05, 0) is 31.7 Å². The Hall–Kier alpha value is -1.84. The van der Waals surface area contributed by atoms with E-state index in [0.29, 0.717) is 13.1 Å². The Bertz CT molecular complexity index is 800. The molecule has 3 heterocycles. The summed E-state index contributed by atoms with van der Waals surface area (Å²) in [4.78, 5) is 8.87. The Labute approximate surface area is 142 Å². The van der Waals surface area contributed by atoms with Crippen molar-refractivity contribution in [2.75, 3.05) is 27.2 Å². The van der Waals surface area contributed by atoms with Crippen molar-refractivity contribution in [2.45, 2.75) is 19.8 Å². The topological polar surface area (TPSA) is 95.1 Å². The lowest BCUT2D eigenvalue weighted by Crippen LogP contribution is -2.38. The van der Waals surface area contributed by atoms with E-state index in [2.05, 4.69) is 20.2 Å². The summed E-state index contributed by atoms with van der Waals surface area (Å²) in [7, 11) is -0.205. The molecule has 1 atom stereocenters. The van der Waals surface area contributed by atoms with Gasteiger partial charge in [-0.25, -0.2) is 0 Å². The first-order chi connectivity index (χ1) is 11.4. The fourth-order valence-corrected chi connectivity index (χ4v) is 4.04. The van der Waals surface area contributed by atoms with Crippen molar-refractivity contribution in [3.63, 3.8) is 0 Å². The molecule has 1 fully saturated rings. The number of aromatic amines is 1. The van der Waals surface area contributed by atoms with Crippen molar-refractivity contribution < 1.29 is 8.42 Å². The van der Waals surface area contributed by atoms with Crippen molar-refractivity contribution in [1.29, 1.82) is 0 Å². The van der Waals surface area contributed by atoms with Crippen LogP contribution in [0.15, 0.2) is 18.5 Å². The maximum absolute atomic E-state index is 12.1. The lowest BCUT2D eigenvalue weighted by atomic mass is 10.0. The minimum atomic E-state index is -3.32. The Kier molecular flexibility index (Phi) is 4.66. The zero-order chi connectivity index (χ0) is 17.3. The van der Waals surface area contributed by atoms with E-state index in [1.54, 1.807) is 26.5 Å². The number of hydrogen-bond donors (Lipinski definition) is 1. The van der Waals surface area contributed by atoms with Crippen LogP contribution >= 0.6 is 0 Å². The molecule has 8 nitrogen and oxygen atoms in total. The second-order valence-electron chi connectivity index (χ2n) is 6.34. The largest absolute Gasteiger partial charge is 0.282 e. The van der Waals surface area contributed by atoms with Crippen molar-refractivity contribution in [3.8, 4) is 11.4 Å². The van der Waals surface area contributed by atoms with E-state index in [1.807, 2.05) is 13.0 Å². The molecule has 1 aliphatic rings. The molecule has 0 unspecified atom stereocenters. The summed E-state index contributed by atoms with van der Waals surface area (Å²) >= 11 is 0. The zero-order valence-corrected chi connectivity index (χ0v) is 14.9. The molecule has 9 heteroatoms. The van der Waals surface area contributed by atoms with Gasteiger partial charge in [-0.1, -0.05) is 0 Å². The molecule has 1 aliphatic heterocycles. The minimum absolute atomic E-state index is 0.271. The number of rotatable bonds is 5. The van der Waals surface area contributed by atoms with Crippen LogP contribution in [0.4, 0.5) is 0 Å². The number of hydrogen-bond acceptors (Lipinski definition) is 5. The zero-order valence-electron chi connectivity index (χ0n) is 14.1. The van der Waals surface area contributed by atoms with Gasteiger partial charge in [0.15, 0.2) is 0 Å². The van der Waals surface area contributed by atoms with E-state index < -0.39 is 10.2 Å². The van der Waals surface area contributed by atoms with Crippen molar-refractivity contribution in [3.05, 3.63) is 29.8 Å². The Morgan fingerprint density at radius 1 is 1.29 bits per heavy atom. The summed E-state index contributed by atoms with van der Waals surface area (Å²) in [6.45, 7) is 3.03. The van der Waals surface area contributed by atoms with Gasteiger partial charge in [-0.3, -0.25) is 15.1 Å². The molecule has 3 rings (SSSR count). The molecule has 130 valence electrons. The molecule has 0 bridgehead atoms. The standard InChI is InChI=1S/C15H22N6O2S/c1-11-6-14(19-18-11)15-9-16-13(8-17-15)7-12-4-5-21(10-12)24(22,23)20(2)3/h6,8-9,12H,4-5,7,10H2,1-3H3,(H,18,19)/t12-/m1/s1. The maximum Gasteiger partial charge on any atom is 0.281 e. The molecule has 24 heavy (non-hydrogen) atoms. The lowest BCUT2D eigenvalue weighted by Gasteiger charge is -2.20. The van der Waals surface area contributed by atoms with Crippen molar-refractivity contribution in [2.24, 2.45) is 5.92 Å². The van der Waals surface area contributed by atoms with Crippen LogP contribution in [0.1, 0.15) is 17.8 Å². The smallest absolute Gasteiger partial charge is 0.281 e. The van der Waals surface area contributed by atoms with Gasteiger partial charge >= 0.3 is 0 Å². The monoisotopic (exact) mass is 350 g/mol. The average Bonchev–Trinajstić information content (AvgIpc) is 3.17. The summed E-state index contributed by atoms with van der Waals surface area (Å²) in [5.74, 6) is 0.271. The van der Waals surface area contributed by atoms with Crippen LogP contribution < -0.4 is 0 Å². The first kappa shape index (κ1) is 17.0. The Morgan fingerprint density at radius 2 is 2.08 bits per heavy atom. The van der Waals surface area contributed by atoms with Crippen LogP contribution in [0.25, 0.3) is 11.4 Å². The van der Waals surface area contributed by atoms with Gasteiger partial charge in [-0.15, -0.1) is 0 Å². The fraction of sp³-hybridized carbons (Fsp3) is 0.533. The Balaban J connectivity index is 1.63. The predicted molar refractivity (Wildman–Crippen MR) is 90.3 cm³/mol. The van der Waals surface area contributed by atoms with Crippen LogP contribution in [-0.2, 0) is 16.6 Å². The second-order valence-corrected chi connectivity index (χ2v) is 8.48. The van der Waals surface area contributed by atoms with E-state index in [9.17, 15) is 8.42 Å². The van der Waals surface area contributed by atoms with E-state index in [1.165, 1.54) is 8.61 Å². The molecular weight excluding hydrogens is 328 g/mol. The molecule has 0 aliphatic carbocycles. The minimum Gasteiger partial charge on any atom is -0.282 e. The van der Waals surface area contributed by atoms with Gasteiger partial charge in [0.2, 0.25) is 0 Å².